The average molecular weight is 312 g/mol. The summed E-state index contributed by atoms with van der Waals surface area (Å²) in [6, 6.07) is 15.5. The van der Waals surface area contributed by atoms with Crippen molar-refractivity contribution in [2.24, 2.45) is 0 Å². The fourth-order valence-electron chi connectivity index (χ4n) is 2.58. The van der Waals surface area contributed by atoms with Crippen LogP contribution in [0.25, 0.3) is 11.0 Å². The molecule has 0 saturated heterocycles. The van der Waals surface area contributed by atoms with Gasteiger partial charge in [0.05, 0.1) is 24.8 Å². The Balaban J connectivity index is 1.60. The van der Waals surface area contributed by atoms with Crippen LogP contribution in [0.3, 0.4) is 0 Å². The molecule has 1 N–H and O–H groups in total. The molecular formula is C18H20N2O3. The molecule has 0 atom stereocenters. The van der Waals surface area contributed by atoms with Gasteiger partial charge in [-0.25, -0.2) is 4.98 Å². The van der Waals surface area contributed by atoms with Crippen LogP contribution in [0.4, 0.5) is 0 Å². The second kappa shape index (κ2) is 7.15. The number of rotatable bonds is 7. The molecule has 0 fully saturated rings. The third kappa shape index (κ3) is 3.46. The molecule has 2 aromatic carbocycles. The Kier molecular flexibility index (Phi) is 4.78. The number of aryl methyl sites for hydroxylation is 1. The van der Waals surface area contributed by atoms with Crippen LogP contribution in [0.5, 0.6) is 11.5 Å². The van der Waals surface area contributed by atoms with Crippen molar-refractivity contribution in [3.63, 3.8) is 0 Å². The lowest BCUT2D eigenvalue weighted by molar-refractivity contribution is 0.261. The van der Waals surface area contributed by atoms with Crippen molar-refractivity contribution in [1.29, 1.82) is 0 Å². The Morgan fingerprint density at radius 1 is 1.04 bits per heavy atom. The van der Waals surface area contributed by atoms with Gasteiger partial charge in [0.15, 0.2) is 0 Å². The number of benzene rings is 2. The van der Waals surface area contributed by atoms with E-state index in [1.165, 1.54) is 0 Å². The highest BCUT2D eigenvalue weighted by atomic mass is 16.5. The minimum absolute atomic E-state index is 0.0615. The fourth-order valence-corrected chi connectivity index (χ4v) is 2.58. The SMILES string of the molecule is COc1ccc(OCCCn2c(CO)nc3ccccc32)cc1. The highest BCUT2D eigenvalue weighted by molar-refractivity contribution is 5.75. The third-order valence-corrected chi connectivity index (χ3v) is 3.73. The van der Waals surface area contributed by atoms with Crippen LogP contribution < -0.4 is 9.47 Å². The van der Waals surface area contributed by atoms with Gasteiger partial charge in [0.1, 0.15) is 23.9 Å². The van der Waals surface area contributed by atoms with Crippen LogP contribution in [0, 0.1) is 0 Å². The molecule has 1 aromatic heterocycles. The molecule has 0 aliphatic carbocycles. The van der Waals surface area contributed by atoms with Crippen LogP contribution in [-0.2, 0) is 13.2 Å². The van der Waals surface area contributed by atoms with Crippen molar-refractivity contribution >= 4 is 11.0 Å². The van der Waals surface area contributed by atoms with E-state index in [2.05, 4.69) is 4.98 Å². The number of aliphatic hydroxyl groups excluding tert-OH is 1. The van der Waals surface area contributed by atoms with Gasteiger partial charge in [-0.3, -0.25) is 0 Å². The summed E-state index contributed by atoms with van der Waals surface area (Å²) < 4.78 is 12.9. The van der Waals surface area contributed by atoms with Gasteiger partial charge in [-0.05, 0) is 42.8 Å². The molecular weight excluding hydrogens is 292 g/mol. The Morgan fingerprint density at radius 3 is 2.52 bits per heavy atom. The van der Waals surface area contributed by atoms with E-state index in [9.17, 15) is 5.11 Å². The van der Waals surface area contributed by atoms with Crippen molar-refractivity contribution in [3.05, 3.63) is 54.4 Å². The lowest BCUT2D eigenvalue weighted by atomic mass is 10.3. The van der Waals surface area contributed by atoms with E-state index >= 15 is 0 Å². The maximum atomic E-state index is 9.48. The van der Waals surface area contributed by atoms with Crippen molar-refractivity contribution in [2.45, 2.75) is 19.6 Å². The summed E-state index contributed by atoms with van der Waals surface area (Å²) in [5.41, 5.74) is 1.95. The molecule has 3 rings (SSSR count). The molecule has 3 aromatic rings. The molecule has 0 bridgehead atoms. The van der Waals surface area contributed by atoms with Gasteiger partial charge in [-0.2, -0.15) is 0 Å². The van der Waals surface area contributed by atoms with Crippen LogP contribution in [0.2, 0.25) is 0 Å². The maximum absolute atomic E-state index is 9.48. The zero-order valence-electron chi connectivity index (χ0n) is 13.1. The smallest absolute Gasteiger partial charge is 0.135 e. The van der Waals surface area contributed by atoms with E-state index in [4.69, 9.17) is 9.47 Å². The molecule has 5 nitrogen and oxygen atoms in total. The Bertz CT molecular complexity index is 766. The molecule has 0 unspecified atom stereocenters. The molecule has 0 aliphatic heterocycles. The number of nitrogens with zero attached hydrogens (tertiary/aromatic N) is 2. The van der Waals surface area contributed by atoms with Crippen molar-refractivity contribution < 1.29 is 14.6 Å². The van der Waals surface area contributed by atoms with E-state index in [1.54, 1.807) is 7.11 Å². The Hall–Kier alpha value is -2.53. The topological polar surface area (TPSA) is 56.5 Å². The number of fused-ring (bicyclic) bond motifs is 1. The number of ether oxygens (including phenoxy) is 2. The van der Waals surface area contributed by atoms with E-state index in [0.717, 1.165) is 35.5 Å². The monoisotopic (exact) mass is 312 g/mol. The van der Waals surface area contributed by atoms with Gasteiger partial charge in [0, 0.05) is 6.54 Å². The molecule has 0 spiro atoms. The molecule has 0 radical (unpaired) electrons. The quantitative estimate of drug-likeness (QED) is 0.681. The number of imidazole rings is 1. The lowest BCUT2D eigenvalue weighted by Crippen LogP contribution is -2.08. The molecule has 120 valence electrons. The number of hydrogen-bond donors (Lipinski definition) is 1. The summed E-state index contributed by atoms with van der Waals surface area (Å²) in [6.07, 6.45) is 0.833. The predicted molar refractivity (Wildman–Crippen MR) is 88.8 cm³/mol. The first-order valence-electron chi connectivity index (χ1n) is 7.63. The van der Waals surface area contributed by atoms with Crippen LogP contribution in [0.15, 0.2) is 48.5 Å². The molecule has 1 heterocycles. The number of para-hydroxylation sites is 2. The van der Waals surface area contributed by atoms with Crippen molar-refractivity contribution in [1.82, 2.24) is 9.55 Å². The highest BCUT2D eigenvalue weighted by Gasteiger charge is 2.08. The van der Waals surface area contributed by atoms with Gasteiger partial charge in [-0.1, -0.05) is 12.1 Å². The fraction of sp³-hybridized carbons (Fsp3) is 0.278. The number of methoxy groups -OCH3 is 1. The number of aromatic nitrogens is 2. The van der Waals surface area contributed by atoms with E-state index in [1.807, 2.05) is 53.1 Å². The lowest BCUT2D eigenvalue weighted by Gasteiger charge is -2.10. The van der Waals surface area contributed by atoms with E-state index < -0.39 is 0 Å². The molecule has 0 saturated carbocycles. The number of hydrogen-bond acceptors (Lipinski definition) is 4. The van der Waals surface area contributed by atoms with Gasteiger partial charge in [0.2, 0.25) is 0 Å². The van der Waals surface area contributed by atoms with Crippen LogP contribution >= 0.6 is 0 Å². The first-order valence-corrected chi connectivity index (χ1v) is 7.63. The van der Waals surface area contributed by atoms with Crippen LogP contribution in [-0.4, -0.2) is 28.4 Å². The minimum Gasteiger partial charge on any atom is -0.497 e. The second-order valence-electron chi connectivity index (χ2n) is 5.20. The average Bonchev–Trinajstić information content (AvgIpc) is 2.97. The number of aliphatic hydroxyl groups is 1. The van der Waals surface area contributed by atoms with Crippen molar-refractivity contribution in [2.75, 3.05) is 13.7 Å². The third-order valence-electron chi connectivity index (χ3n) is 3.73. The van der Waals surface area contributed by atoms with Gasteiger partial charge in [-0.15, -0.1) is 0 Å². The first kappa shape index (κ1) is 15.4. The van der Waals surface area contributed by atoms with Crippen LogP contribution in [0.1, 0.15) is 12.2 Å². The molecule has 5 heteroatoms. The van der Waals surface area contributed by atoms with Gasteiger partial charge in [0.25, 0.3) is 0 Å². The normalized spacial score (nSPS) is 10.9. The maximum Gasteiger partial charge on any atom is 0.135 e. The first-order chi connectivity index (χ1) is 11.3. The second-order valence-corrected chi connectivity index (χ2v) is 5.20. The summed E-state index contributed by atoms with van der Waals surface area (Å²) >= 11 is 0. The van der Waals surface area contributed by atoms with E-state index in [-0.39, 0.29) is 6.61 Å². The zero-order valence-corrected chi connectivity index (χ0v) is 13.1. The summed E-state index contributed by atoms with van der Waals surface area (Å²) in [4.78, 5) is 4.45. The van der Waals surface area contributed by atoms with Crippen molar-refractivity contribution in [3.8, 4) is 11.5 Å². The zero-order chi connectivity index (χ0) is 16.1. The predicted octanol–water partition coefficient (Wildman–Crippen LogP) is 3.01. The highest BCUT2D eigenvalue weighted by Crippen LogP contribution is 2.18. The Labute approximate surface area is 135 Å². The minimum atomic E-state index is -0.0615. The largest absolute Gasteiger partial charge is 0.497 e. The van der Waals surface area contributed by atoms with E-state index in [0.29, 0.717) is 12.4 Å². The summed E-state index contributed by atoms with van der Waals surface area (Å²) in [5, 5.41) is 9.48. The van der Waals surface area contributed by atoms with Gasteiger partial charge >= 0.3 is 0 Å². The molecule has 23 heavy (non-hydrogen) atoms. The summed E-state index contributed by atoms with van der Waals surface area (Å²) in [5.74, 6) is 2.33. The summed E-state index contributed by atoms with van der Waals surface area (Å²) in [6.45, 7) is 1.30. The molecule has 0 amide bonds. The van der Waals surface area contributed by atoms with Gasteiger partial charge < -0.3 is 19.1 Å². The molecule has 0 aliphatic rings. The standard InChI is InChI=1S/C18H20N2O3/c1-22-14-7-9-15(10-8-14)23-12-4-11-20-17-6-3-2-5-16(17)19-18(20)13-21/h2-3,5-10,21H,4,11-13H2,1H3. The Morgan fingerprint density at radius 2 is 1.78 bits per heavy atom. The summed E-state index contributed by atoms with van der Waals surface area (Å²) in [7, 11) is 1.64.